The van der Waals surface area contributed by atoms with Crippen LogP contribution in [0.1, 0.15) is 17.0 Å². The maximum absolute atomic E-state index is 2.41. The molecule has 0 N–H and O–H groups in total. The van der Waals surface area contributed by atoms with Crippen LogP contribution in [0.2, 0.25) is 0 Å². The van der Waals surface area contributed by atoms with E-state index in [9.17, 15) is 0 Å². The minimum Gasteiger partial charge on any atom is -0.309 e. The Kier molecular flexibility index (Phi) is 4.67. The number of benzene rings is 5. The fraction of sp³-hybridized carbons (Fsp3) is 0.0588. The van der Waals surface area contributed by atoms with Gasteiger partial charge in [0.15, 0.2) is 0 Å². The summed E-state index contributed by atoms with van der Waals surface area (Å²) in [5, 5.41) is 2.63. The van der Waals surface area contributed by atoms with Gasteiger partial charge in [-0.15, -0.1) is 0 Å². The van der Waals surface area contributed by atoms with Crippen LogP contribution in [-0.2, 0) is 6.42 Å². The van der Waals surface area contributed by atoms with Crippen LogP contribution in [0, 0.1) is 0 Å². The van der Waals surface area contributed by atoms with Crippen LogP contribution >= 0.6 is 0 Å². The maximum atomic E-state index is 2.41. The van der Waals surface area contributed by atoms with E-state index in [4.69, 9.17) is 0 Å². The number of fused-ring (bicyclic) bond motifs is 3. The SMILES string of the molecule is C1=C(Cc2ccccc2)C1c1ccc2c(c1)c1ccccc1n2-c1ccc(-c2ccccc2)cc1. The predicted octanol–water partition coefficient (Wildman–Crippen LogP) is 8.72. The van der Waals surface area contributed by atoms with E-state index in [2.05, 4.69) is 138 Å². The molecule has 0 fully saturated rings. The average Bonchev–Trinajstić information content (AvgIpc) is 3.62. The second-order valence-electron chi connectivity index (χ2n) is 9.42. The molecule has 7 rings (SSSR count). The number of nitrogens with zero attached hydrogens (tertiary/aromatic N) is 1. The standard InChI is InChI=1S/C34H25N/c1-3-9-24(10-4-1)21-28-23-31(28)27-17-20-34-32(22-27)30-13-7-8-14-33(30)35(34)29-18-15-26(16-19-29)25-11-5-2-6-12-25/h1-20,22-23,31H,21H2. The quantitative estimate of drug-likeness (QED) is 0.233. The highest BCUT2D eigenvalue weighted by Gasteiger charge is 2.27. The van der Waals surface area contributed by atoms with E-state index in [-0.39, 0.29) is 0 Å². The number of allylic oxidation sites excluding steroid dienone is 2. The topological polar surface area (TPSA) is 4.93 Å². The number of hydrogen-bond acceptors (Lipinski definition) is 0. The predicted molar refractivity (Wildman–Crippen MR) is 147 cm³/mol. The Labute approximate surface area is 205 Å². The molecule has 35 heavy (non-hydrogen) atoms. The lowest BCUT2D eigenvalue weighted by molar-refractivity contribution is 1.09. The number of hydrogen-bond donors (Lipinski definition) is 0. The van der Waals surface area contributed by atoms with E-state index in [1.54, 1.807) is 0 Å². The van der Waals surface area contributed by atoms with Gasteiger partial charge in [-0.3, -0.25) is 0 Å². The van der Waals surface area contributed by atoms with Gasteiger partial charge in [0.2, 0.25) is 0 Å². The zero-order valence-electron chi connectivity index (χ0n) is 19.4. The Bertz CT molecular complexity index is 1690. The van der Waals surface area contributed by atoms with Crippen LogP contribution in [0.15, 0.2) is 139 Å². The van der Waals surface area contributed by atoms with Crippen molar-refractivity contribution in [3.05, 3.63) is 150 Å². The van der Waals surface area contributed by atoms with Crippen molar-refractivity contribution in [1.29, 1.82) is 0 Å². The normalized spacial score (nSPS) is 14.9. The molecular weight excluding hydrogens is 422 g/mol. The molecule has 0 radical (unpaired) electrons. The molecule has 0 amide bonds. The highest BCUT2D eigenvalue weighted by atomic mass is 15.0. The Balaban J connectivity index is 1.27. The summed E-state index contributed by atoms with van der Waals surface area (Å²) in [4.78, 5) is 0. The smallest absolute Gasteiger partial charge is 0.0541 e. The van der Waals surface area contributed by atoms with Crippen molar-refractivity contribution in [2.75, 3.05) is 0 Å². The van der Waals surface area contributed by atoms with Gasteiger partial charge < -0.3 is 4.57 Å². The summed E-state index contributed by atoms with van der Waals surface area (Å²) in [5.41, 5.74) is 10.5. The molecule has 0 saturated carbocycles. The van der Waals surface area contributed by atoms with Crippen molar-refractivity contribution in [2.45, 2.75) is 12.3 Å². The summed E-state index contributed by atoms with van der Waals surface area (Å²) < 4.78 is 2.40. The van der Waals surface area contributed by atoms with Crippen molar-refractivity contribution in [3.8, 4) is 16.8 Å². The van der Waals surface area contributed by atoms with Gasteiger partial charge in [0, 0.05) is 22.4 Å². The molecule has 1 aromatic heterocycles. The first-order chi connectivity index (χ1) is 17.3. The van der Waals surface area contributed by atoms with Gasteiger partial charge >= 0.3 is 0 Å². The zero-order valence-corrected chi connectivity index (χ0v) is 19.4. The van der Waals surface area contributed by atoms with E-state index in [1.165, 1.54) is 55.3 Å². The fourth-order valence-corrected chi connectivity index (χ4v) is 5.37. The number of rotatable bonds is 5. The largest absolute Gasteiger partial charge is 0.309 e. The van der Waals surface area contributed by atoms with Crippen molar-refractivity contribution in [3.63, 3.8) is 0 Å². The van der Waals surface area contributed by atoms with Crippen LogP contribution in [-0.4, -0.2) is 4.57 Å². The Morgan fingerprint density at radius 2 is 1.20 bits per heavy atom. The van der Waals surface area contributed by atoms with Crippen molar-refractivity contribution >= 4 is 21.8 Å². The molecular formula is C34H25N. The summed E-state index contributed by atoms with van der Waals surface area (Å²) in [5.74, 6) is 0.465. The van der Waals surface area contributed by atoms with Crippen molar-refractivity contribution in [1.82, 2.24) is 4.57 Å². The lowest BCUT2D eigenvalue weighted by Crippen LogP contribution is -1.94. The molecule has 1 aliphatic carbocycles. The molecule has 0 bridgehead atoms. The van der Waals surface area contributed by atoms with E-state index >= 15 is 0 Å². The van der Waals surface area contributed by atoms with E-state index in [1.807, 2.05) is 0 Å². The first-order valence-electron chi connectivity index (χ1n) is 12.3. The maximum Gasteiger partial charge on any atom is 0.0541 e. The van der Waals surface area contributed by atoms with Gasteiger partial charge in [-0.25, -0.2) is 0 Å². The van der Waals surface area contributed by atoms with Gasteiger partial charge in [0.25, 0.3) is 0 Å². The van der Waals surface area contributed by atoms with Gasteiger partial charge in [-0.1, -0.05) is 109 Å². The summed E-state index contributed by atoms with van der Waals surface area (Å²) in [6.45, 7) is 0. The zero-order chi connectivity index (χ0) is 23.2. The minimum absolute atomic E-state index is 0.465. The molecule has 1 heteroatoms. The summed E-state index contributed by atoms with van der Waals surface area (Å²) in [6, 6.07) is 46.1. The molecule has 5 aromatic carbocycles. The second kappa shape index (κ2) is 8.14. The molecule has 1 nitrogen and oxygen atoms in total. The van der Waals surface area contributed by atoms with Gasteiger partial charge in [0.1, 0.15) is 0 Å². The molecule has 0 aliphatic heterocycles. The molecule has 0 spiro atoms. The fourth-order valence-electron chi connectivity index (χ4n) is 5.37. The van der Waals surface area contributed by atoms with E-state index < -0.39 is 0 Å². The van der Waals surface area contributed by atoms with E-state index in [0.717, 1.165) is 6.42 Å². The lowest BCUT2D eigenvalue weighted by atomic mass is 10.0. The third-order valence-electron chi connectivity index (χ3n) is 7.21. The Hall–Kier alpha value is -4.36. The molecule has 1 heterocycles. The number of aromatic nitrogens is 1. The van der Waals surface area contributed by atoms with Crippen LogP contribution in [0.3, 0.4) is 0 Å². The van der Waals surface area contributed by atoms with Crippen molar-refractivity contribution < 1.29 is 0 Å². The van der Waals surface area contributed by atoms with Crippen LogP contribution in [0.25, 0.3) is 38.6 Å². The average molecular weight is 448 g/mol. The Morgan fingerprint density at radius 3 is 2.00 bits per heavy atom. The molecule has 1 aliphatic rings. The summed E-state index contributed by atoms with van der Waals surface area (Å²) >= 11 is 0. The molecule has 6 aromatic rings. The monoisotopic (exact) mass is 447 g/mol. The summed E-state index contributed by atoms with van der Waals surface area (Å²) in [6.07, 6.45) is 3.45. The highest BCUT2D eigenvalue weighted by Crippen LogP contribution is 2.43. The minimum atomic E-state index is 0.465. The van der Waals surface area contributed by atoms with Gasteiger partial charge in [0.05, 0.1) is 11.0 Å². The molecule has 1 unspecified atom stereocenters. The van der Waals surface area contributed by atoms with Gasteiger partial charge in [-0.05, 0) is 59.0 Å². The number of para-hydroxylation sites is 1. The first kappa shape index (κ1) is 20.1. The molecule has 1 atom stereocenters. The van der Waals surface area contributed by atoms with E-state index in [0.29, 0.717) is 5.92 Å². The second-order valence-corrected chi connectivity index (χ2v) is 9.42. The third-order valence-corrected chi connectivity index (χ3v) is 7.21. The first-order valence-corrected chi connectivity index (χ1v) is 12.3. The highest BCUT2D eigenvalue weighted by molar-refractivity contribution is 6.09. The van der Waals surface area contributed by atoms with Gasteiger partial charge in [-0.2, -0.15) is 0 Å². The molecule has 166 valence electrons. The van der Waals surface area contributed by atoms with Crippen LogP contribution < -0.4 is 0 Å². The van der Waals surface area contributed by atoms with Crippen LogP contribution in [0.4, 0.5) is 0 Å². The lowest BCUT2D eigenvalue weighted by Gasteiger charge is -2.10. The third kappa shape index (κ3) is 3.57. The Morgan fingerprint density at radius 1 is 0.543 bits per heavy atom. The summed E-state index contributed by atoms with van der Waals surface area (Å²) in [7, 11) is 0. The van der Waals surface area contributed by atoms with Crippen molar-refractivity contribution in [2.24, 2.45) is 0 Å². The van der Waals surface area contributed by atoms with Crippen LogP contribution in [0.5, 0.6) is 0 Å². The molecule has 0 saturated heterocycles.